The third-order valence-corrected chi connectivity index (χ3v) is 2.70. The largest absolute Gasteiger partial charge is 0.507 e. The Morgan fingerprint density at radius 1 is 1.54 bits per heavy atom. The molecule has 0 fully saturated rings. The summed E-state index contributed by atoms with van der Waals surface area (Å²) in [5.74, 6) is 0.103. The number of alkyl halides is 1. The van der Waals surface area contributed by atoms with Crippen molar-refractivity contribution in [2.45, 2.75) is 13.1 Å². The van der Waals surface area contributed by atoms with E-state index in [0.717, 1.165) is 4.70 Å². The lowest BCUT2D eigenvalue weighted by atomic mass is 10.1. The van der Waals surface area contributed by atoms with Gasteiger partial charge in [-0.3, -0.25) is 0 Å². The summed E-state index contributed by atoms with van der Waals surface area (Å²) in [6, 6.07) is 5.09. The Bertz CT molecular complexity index is 438. The highest BCUT2D eigenvalue weighted by atomic mass is 32.1. The molecule has 1 aromatic carbocycles. The van der Waals surface area contributed by atoms with Gasteiger partial charge < -0.3 is 5.11 Å². The minimum absolute atomic E-state index is 0.103. The van der Waals surface area contributed by atoms with E-state index in [1.54, 1.807) is 12.1 Å². The molecule has 0 amide bonds. The van der Waals surface area contributed by atoms with Crippen LogP contribution in [0.25, 0.3) is 10.1 Å². The van der Waals surface area contributed by atoms with Crippen LogP contribution in [0.4, 0.5) is 4.39 Å². The number of aromatic hydroxyl groups is 1. The quantitative estimate of drug-likeness (QED) is 0.762. The van der Waals surface area contributed by atoms with Crippen molar-refractivity contribution in [1.29, 1.82) is 0 Å². The molecule has 0 aliphatic heterocycles. The van der Waals surface area contributed by atoms with Crippen LogP contribution >= 0.6 is 11.5 Å². The number of aromatic nitrogens is 1. The van der Waals surface area contributed by atoms with Gasteiger partial charge in [0.1, 0.15) is 11.9 Å². The number of rotatable bonds is 1. The van der Waals surface area contributed by atoms with Crippen LogP contribution in [0.1, 0.15) is 18.8 Å². The molecule has 0 radical (unpaired) electrons. The Hall–Kier alpha value is -1.16. The molecule has 0 spiro atoms. The van der Waals surface area contributed by atoms with E-state index in [1.165, 1.54) is 18.5 Å². The van der Waals surface area contributed by atoms with Crippen molar-refractivity contribution in [2.24, 2.45) is 0 Å². The van der Waals surface area contributed by atoms with Crippen molar-refractivity contribution < 1.29 is 9.50 Å². The molecule has 68 valence electrons. The van der Waals surface area contributed by atoms with Gasteiger partial charge in [-0.05, 0) is 30.6 Å². The van der Waals surface area contributed by atoms with Crippen LogP contribution in [0.3, 0.4) is 0 Å². The van der Waals surface area contributed by atoms with Crippen molar-refractivity contribution in [3.63, 3.8) is 0 Å². The van der Waals surface area contributed by atoms with Crippen LogP contribution in [0.15, 0.2) is 18.2 Å². The minimum atomic E-state index is -1.14. The second-order valence-electron chi connectivity index (χ2n) is 2.83. The van der Waals surface area contributed by atoms with Crippen LogP contribution in [-0.2, 0) is 0 Å². The molecule has 2 rings (SSSR count). The van der Waals surface area contributed by atoms with E-state index < -0.39 is 6.17 Å². The third-order valence-electron chi connectivity index (χ3n) is 1.88. The molecule has 2 aromatic rings. The molecule has 1 N–H and O–H groups in total. The number of fused-ring (bicyclic) bond motifs is 1. The molecule has 4 heteroatoms. The Labute approximate surface area is 78.8 Å². The number of halogens is 1. The Morgan fingerprint density at radius 3 is 3.00 bits per heavy atom. The Kier molecular flexibility index (Phi) is 1.92. The maximum Gasteiger partial charge on any atom is 0.141 e. The third kappa shape index (κ3) is 1.27. The first-order valence-electron chi connectivity index (χ1n) is 3.91. The zero-order chi connectivity index (χ0) is 9.42. The first-order chi connectivity index (χ1) is 6.20. The van der Waals surface area contributed by atoms with Gasteiger partial charge in [-0.1, -0.05) is 6.07 Å². The van der Waals surface area contributed by atoms with E-state index in [2.05, 4.69) is 4.37 Å². The Morgan fingerprint density at radius 2 is 2.31 bits per heavy atom. The van der Waals surface area contributed by atoms with E-state index in [1.807, 2.05) is 6.07 Å². The topological polar surface area (TPSA) is 33.1 Å². The van der Waals surface area contributed by atoms with E-state index in [0.29, 0.717) is 11.1 Å². The maximum atomic E-state index is 13.0. The monoisotopic (exact) mass is 197 g/mol. The molecular formula is C9H8FNOS. The lowest BCUT2D eigenvalue weighted by Crippen LogP contribution is -1.85. The lowest BCUT2D eigenvalue weighted by Gasteiger charge is -1.98. The fourth-order valence-corrected chi connectivity index (χ4v) is 2.14. The molecule has 0 aliphatic carbocycles. The zero-order valence-corrected chi connectivity index (χ0v) is 7.81. The predicted molar refractivity (Wildman–Crippen MR) is 50.8 cm³/mol. The van der Waals surface area contributed by atoms with Crippen molar-refractivity contribution in [1.82, 2.24) is 4.37 Å². The second-order valence-corrected chi connectivity index (χ2v) is 3.64. The maximum absolute atomic E-state index is 13.0. The van der Waals surface area contributed by atoms with Gasteiger partial charge in [-0.15, -0.1) is 0 Å². The first-order valence-corrected chi connectivity index (χ1v) is 4.69. The number of hydrogen-bond acceptors (Lipinski definition) is 3. The highest BCUT2D eigenvalue weighted by molar-refractivity contribution is 7.13. The van der Waals surface area contributed by atoms with Gasteiger partial charge in [0.05, 0.1) is 15.8 Å². The number of phenols is 1. The summed E-state index contributed by atoms with van der Waals surface area (Å²) in [5, 5.41) is 10.0. The van der Waals surface area contributed by atoms with E-state index in [4.69, 9.17) is 0 Å². The first kappa shape index (κ1) is 8.44. The molecule has 0 saturated carbocycles. The predicted octanol–water partition coefficient (Wildman–Crippen LogP) is 3.03. The summed E-state index contributed by atoms with van der Waals surface area (Å²) >= 11 is 1.21. The van der Waals surface area contributed by atoms with Crippen molar-refractivity contribution in [3.8, 4) is 5.75 Å². The summed E-state index contributed by atoms with van der Waals surface area (Å²) in [6.07, 6.45) is -1.14. The number of hydrogen-bond donors (Lipinski definition) is 1. The van der Waals surface area contributed by atoms with Gasteiger partial charge in [0.25, 0.3) is 0 Å². The van der Waals surface area contributed by atoms with E-state index in [9.17, 15) is 9.50 Å². The fourth-order valence-electron chi connectivity index (χ4n) is 1.27. The van der Waals surface area contributed by atoms with Gasteiger partial charge >= 0.3 is 0 Å². The normalized spacial score (nSPS) is 13.4. The molecule has 0 saturated heterocycles. The summed E-state index contributed by atoms with van der Waals surface area (Å²) in [5.41, 5.74) is 0.332. The van der Waals surface area contributed by atoms with E-state index >= 15 is 0 Å². The lowest BCUT2D eigenvalue weighted by molar-refractivity contribution is 0.369. The smallest absolute Gasteiger partial charge is 0.141 e. The number of phenolic OH excluding ortho intramolecular Hbond substituents is 1. The second kappa shape index (κ2) is 2.96. The molecule has 13 heavy (non-hydrogen) atoms. The molecule has 1 heterocycles. The van der Waals surface area contributed by atoms with E-state index in [-0.39, 0.29) is 5.75 Å². The van der Waals surface area contributed by atoms with Crippen LogP contribution in [-0.4, -0.2) is 9.48 Å². The average molecular weight is 197 g/mol. The average Bonchev–Trinajstić information content (AvgIpc) is 2.49. The van der Waals surface area contributed by atoms with Crippen LogP contribution in [0.5, 0.6) is 5.75 Å². The Balaban J connectivity index is 2.79. The van der Waals surface area contributed by atoms with Gasteiger partial charge in [0.15, 0.2) is 0 Å². The van der Waals surface area contributed by atoms with Crippen LogP contribution in [0.2, 0.25) is 0 Å². The molecule has 2 nitrogen and oxygen atoms in total. The molecule has 1 unspecified atom stereocenters. The standard InChI is InChI=1S/C9H8FNOS/c1-5(10)9-8-6(12)3-2-4-7(8)13-11-9/h2-5,12H,1H3. The summed E-state index contributed by atoms with van der Waals surface area (Å²) in [6.45, 7) is 1.42. The summed E-state index contributed by atoms with van der Waals surface area (Å²) in [4.78, 5) is 0. The van der Waals surface area contributed by atoms with Gasteiger partial charge in [0.2, 0.25) is 0 Å². The minimum Gasteiger partial charge on any atom is -0.507 e. The van der Waals surface area contributed by atoms with Crippen molar-refractivity contribution in [3.05, 3.63) is 23.9 Å². The molecular weight excluding hydrogens is 189 g/mol. The SMILES string of the molecule is CC(F)c1nsc2cccc(O)c12. The number of nitrogens with zero attached hydrogens (tertiary/aromatic N) is 1. The number of benzene rings is 1. The van der Waals surface area contributed by atoms with Crippen molar-refractivity contribution in [2.75, 3.05) is 0 Å². The highest BCUT2D eigenvalue weighted by Crippen LogP contribution is 2.34. The molecule has 1 atom stereocenters. The highest BCUT2D eigenvalue weighted by Gasteiger charge is 2.14. The summed E-state index contributed by atoms with van der Waals surface area (Å²) in [7, 11) is 0. The van der Waals surface area contributed by atoms with Gasteiger partial charge in [0, 0.05) is 0 Å². The molecule has 0 bridgehead atoms. The van der Waals surface area contributed by atoms with Gasteiger partial charge in [-0.25, -0.2) is 4.39 Å². The molecule has 1 aromatic heterocycles. The van der Waals surface area contributed by atoms with Gasteiger partial charge in [-0.2, -0.15) is 4.37 Å². The zero-order valence-electron chi connectivity index (χ0n) is 6.99. The fraction of sp³-hybridized carbons (Fsp3) is 0.222. The molecule has 0 aliphatic rings. The van der Waals surface area contributed by atoms with Crippen LogP contribution < -0.4 is 0 Å². The summed E-state index contributed by atoms with van der Waals surface area (Å²) < 4.78 is 17.8. The van der Waals surface area contributed by atoms with Crippen LogP contribution in [0, 0.1) is 0 Å². The van der Waals surface area contributed by atoms with Crippen molar-refractivity contribution >= 4 is 21.6 Å².